The highest BCUT2D eigenvalue weighted by molar-refractivity contribution is 6.30. The van der Waals surface area contributed by atoms with Crippen LogP contribution in [-0.4, -0.2) is 29.0 Å². The van der Waals surface area contributed by atoms with E-state index in [1.807, 2.05) is 30.5 Å². The number of allylic oxidation sites excluding steroid dienone is 1. The van der Waals surface area contributed by atoms with Gasteiger partial charge in [0, 0.05) is 35.0 Å². The maximum Gasteiger partial charge on any atom is 0.156 e. The van der Waals surface area contributed by atoms with Gasteiger partial charge in [-0.2, -0.15) is 5.10 Å². The first-order valence-electron chi connectivity index (χ1n) is 9.11. The third-order valence-electron chi connectivity index (χ3n) is 5.06. The standard InChI is InChI=1S/C20H23ClN4/c21-16-8-6-15(7-9-16)19-18(14-10-12-22-13-11-14)20(25-24-19)23-17-4-2-1-3-5-17/h6-10,12,17H,1-5,11,13H2,(H2,23,24,25). The van der Waals surface area contributed by atoms with E-state index >= 15 is 0 Å². The fourth-order valence-corrected chi connectivity index (χ4v) is 3.84. The Kier molecular flexibility index (Phi) is 4.88. The molecule has 25 heavy (non-hydrogen) atoms. The number of aliphatic imine (C=N–C) groups is 1. The SMILES string of the molecule is Clc1ccc(-c2[nH]nc(NC3CCCCC3)c2C2=CC=NCC2)cc1. The molecule has 2 aliphatic rings. The number of anilines is 1. The Morgan fingerprint density at radius 1 is 1.08 bits per heavy atom. The minimum Gasteiger partial charge on any atom is -0.365 e. The molecular weight excluding hydrogens is 332 g/mol. The van der Waals surface area contributed by atoms with Crippen molar-refractivity contribution in [3.8, 4) is 11.3 Å². The van der Waals surface area contributed by atoms with Crippen LogP contribution >= 0.6 is 11.6 Å². The van der Waals surface area contributed by atoms with Crippen molar-refractivity contribution in [2.45, 2.75) is 44.6 Å². The molecule has 130 valence electrons. The summed E-state index contributed by atoms with van der Waals surface area (Å²) in [7, 11) is 0. The first kappa shape index (κ1) is 16.4. The van der Waals surface area contributed by atoms with Crippen LogP contribution in [0.4, 0.5) is 5.82 Å². The highest BCUT2D eigenvalue weighted by atomic mass is 35.5. The first-order valence-corrected chi connectivity index (χ1v) is 9.49. The Morgan fingerprint density at radius 2 is 1.88 bits per heavy atom. The lowest BCUT2D eigenvalue weighted by molar-refractivity contribution is 0.461. The van der Waals surface area contributed by atoms with Gasteiger partial charge < -0.3 is 5.32 Å². The van der Waals surface area contributed by atoms with Crippen molar-refractivity contribution in [3.05, 3.63) is 40.9 Å². The number of dihydropyridines is 1. The summed E-state index contributed by atoms with van der Waals surface area (Å²) in [5, 5.41) is 12.3. The predicted octanol–water partition coefficient (Wildman–Crippen LogP) is 5.33. The largest absolute Gasteiger partial charge is 0.365 e. The molecule has 2 heterocycles. The van der Waals surface area contributed by atoms with Crippen molar-refractivity contribution in [3.63, 3.8) is 0 Å². The molecule has 2 N–H and O–H groups in total. The van der Waals surface area contributed by atoms with Crippen molar-refractivity contribution in [1.82, 2.24) is 10.2 Å². The fraction of sp³-hybridized carbons (Fsp3) is 0.400. The smallest absolute Gasteiger partial charge is 0.156 e. The van der Waals surface area contributed by atoms with Crippen molar-refractivity contribution < 1.29 is 0 Å². The lowest BCUT2D eigenvalue weighted by Crippen LogP contribution is -2.23. The Morgan fingerprint density at radius 3 is 2.60 bits per heavy atom. The lowest BCUT2D eigenvalue weighted by Gasteiger charge is -2.23. The molecule has 1 fully saturated rings. The van der Waals surface area contributed by atoms with Crippen LogP contribution in [-0.2, 0) is 0 Å². The van der Waals surface area contributed by atoms with Gasteiger partial charge in [-0.05, 0) is 43.0 Å². The molecule has 1 saturated carbocycles. The molecule has 1 aromatic heterocycles. The minimum atomic E-state index is 0.520. The van der Waals surface area contributed by atoms with E-state index in [-0.39, 0.29) is 0 Å². The summed E-state index contributed by atoms with van der Waals surface area (Å²) in [6, 6.07) is 8.45. The van der Waals surface area contributed by atoms with Gasteiger partial charge in [-0.15, -0.1) is 0 Å². The van der Waals surface area contributed by atoms with Crippen molar-refractivity contribution in [2.24, 2.45) is 4.99 Å². The van der Waals surface area contributed by atoms with E-state index in [9.17, 15) is 0 Å². The molecule has 0 spiro atoms. The Labute approximate surface area is 153 Å². The fourth-order valence-electron chi connectivity index (χ4n) is 3.72. The van der Waals surface area contributed by atoms with Crippen LogP contribution in [0, 0.1) is 0 Å². The van der Waals surface area contributed by atoms with Crippen molar-refractivity contribution in [1.29, 1.82) is 0 Å². The van der Waals surface area contributed by atoms with Gasteiger partial charge in [0.05, 0.1) is 5.69 Å². The summed E-state index contributed by atoms with van der Waals surface area (Å²) in [4.78, 5) is 4.33. The molecule has 1 aliphatic carbocycles. The second-order valence-electron chi connectivity index (χ2n) is 6.81. The summed E-state index contributed by atoms with van der Waals surface area (Å²) in [6.07, 6.45) is 11.4. The minimum absolute atomic E-state index is 0.520. The van der Waals surface area contributed by atoms with Gasteiger partial charge >= 0.3 is 0 Å². The molecule has 0 bridgehead atoms. The number of halogens is 1. The summed E-state index contributed by atoms with van der Waals surface area (Å²) in [5.41, 5.74) is 4.62. The molecule has 0 unspecified atom stereocenters. The third kappa shape index (κ3) is 3.64. The topological polar surface area (TPSA) is 53.1 Å². The monoisotopic (exact) mass is 354 g/mol. The van der Waals surface area contributed by atoms with Crippen LogP contribution in [0.25, 0.3) is 16.8 Å². The normalized spacial score (nSPS) is 18.2. The molecule has 4 nitrogen and oxygen atoms in total. The van der Waals surface area contributed by atoms with E-state index < -0.39 is 0 Å². The van der Waals surface area contributed by atoms with Crippen LogP contribution in [0.1, 0.15) is 44.1 Å². The molecule has 0 saturated heterocycles. The van der Waals surface area contributed by atoms with Gasteiger partial charge in [0.25, 0.3) is 0 Å². The van der Waals surface area contributed by atoms with E-state index in [0.29, 0.717) is 6.04 Å². The van der Waals surface area contributed by atoms with Gasteiger partial charge in [-0.25, -0.2) is 0 Å². The number of hydrogen-bond acceptors (Lipinski definition) is 3. The number of nitrogens with one attached hydrogen (secondary N) is 2. The molecule has 0 atom stereocenters. The zero-order valence-corrected chi connectivity index (χ0v) is 15.0. The van der Waals surface area contributed by atoms with Gasteiger partial charge in [0.15, 0.2) is 5.82 Å². The first-order chi connectivity index (χ1) is 12.3. The molecule has 1 aliphatic heterocycles. The highest BCUT2D eigenvalue weighted by Gasteiger charge is 2.22. The molecule has 4 rings (SSSR count). The zero-order valence-electron chi connectivity index (χ0n) is 14.3. The second-order valence-corrected chi connectivity index (χ2v) is 7.24. The van der Waals surface area contributed by atoms with E-state index in [0.717, 1.165) is 35.1 Å². The molecular formula is C20H23ClN4. The van der Waals surface area contributed by atoms with Crippen LogP contribution in [0.2, 0.25) is 5.02 Å². The van der Waals surface area contributed by atoms with Crippen LogP contribution in [0.15, 0.2) is 35.3 Å². The summed E-state index contributed by atoms with van der Waals surface area (Å²) in [5.74, 6) is 0.971. The number of benzene rings is 1. The average Bonchev–Trinajstić information content (AvgIpc) is 3.07. The van der Waals surface area contributed by atoms with Gasteiger partial charge in [-0.1, -0.05) is 43.0 Å². The van der Waals surface area contributed by atoms with Gasteiger partial charge in [-0.3, -0.25) is 10.1 Å². The number of aromatic nitrogens is 2. The zero-order chi connectivity index (χ0) is 17.1. The summed E-state index contributed by atoms with van der Waals surface area (Å²) >= 11 is 6.05. The lowest BCUT2D eigenvalue weighted by atomic mass is 9.94. The van der Waals surface area contributed by atoms with Crippen LogP contribution < -0.4 is 5.32 Å². The molecule has 0 amide bonds. The van der Waals surface area contributed by atoms with Gasteiger partial charge in [0.2, 0.25) is 0 Å². The average molecular weight is 355 g/mol. The number of rotatable bonds is 4. The van der Waals surface area contributed by atoms with Gasteiger partial charge in [0.1, 0.15) is 0 Å². The maximum atomic E-state index is 6.05. The van der Waals surface area contributed by atoms with Crippen LogP contribution in [0.5, 0.6) is 0 Å². The molecule has 5 heteroatoms. The second kappa shape index (κ2) is 7.44. The van der Waals surface area contributed by atoms with E-state index in [1.165, 1.54) is 43.2 Å². The Bertz CT molecular complexity index is 783. The predicted molar refractivity (Wildman–Crippen MR) is 105 cm³/mol. The number of H-pyrrole nitrogens is 1. The number of nitrogens with zero attached hydrogens (tertiary/aromatic N) is 2. The molecule has 1 aromatic carbocycles. The third-order valence-corrected chi connectivity index (χ3v) is 5.31. The molecule has 0 radical (unpaired) electrons. The van der Waals surface area contributed by atoms with Crippen molar-refractivity contribution >= 4 is 29.2 Å². The highest BCUT2D eigenvalue weighted by Crippen LogP contribution is 2.36. The number of hydrogen-bond donors (Lipinski definition) is 2. The Balaban J connectivity index is 1.72. The van der Waals surface area contributed by atoms with E-state index in [4.69, 9.17) is 11.6 Å². The Hall–Kier alpha value is -2.07. The van der Waals surface area contributed by atoms with E-state index in [1.54, 1.807) is 0 Å². The van der Waals surface area contributed by atoms with E-state index in [2.05, 4.69) is 26.6 Å². The molecule has 2 aromatic rings. The number of aromatic amines is 1. The van der Waals surface area contributed by atoms with Crippen LogP contribution in [0.3, 0.4) is 0 Å². The maximum absolute atomic E-state index is 6.05. The quantitative estimate of drug-likeness (QED) is 0.779. The van der Waals surface area contributed by atoms with Crippen molar-refractivity contribution in [2.75, 3.05) is 11.9 Å². The summed E-state index contributed by atoms with van der Waals surface area (Å²) < 4.78 is 0. The summed E-state index contributed by atoms with van der Waals surface area (Å²) in [6.45, 7) is 0.833.